The third-order valence-electron chi connectivity index (χ3n) is 1.80. The second kappa shape index (κ2) is 3.01. The van der Waals surface area contributed by atoms with Crippen LogP contribution in [0.5, 0.6) is 11.5 Å². The number of aliphatic hydroxyl groups is 1. The van der Waals surface area contributed by atoms with Crippen LogP contribution in [0.2, 0.25) is 0 Å². The molecule has 0 bridgehead atoms. The third-order valence-corrected chi connectivity index (χ3v) is 1.80. The zero-order valence-electron chi connectivity index (χ0n) is 7.28. The molecule has 0 fully saturated rings. The Morgan fingerprint density at radius 1 is 1.31 bits per heavy atom. The van der Waals surface area contributed by atoms with Gasteiger partial charge in [0, 0.05) is 0 Å². The molecular weight excluding hydrogens is 168 g/mol. The molecule has 0 atom stereocenters. The molecule has 0 unspecified atom stereocenters. The number of fused-ring (bicyclic) bond motifs is 1. The first-order valence-corrected chi connectivity index (χ1v) is 4.04. The van der Waals surface area contributed by atoms with Crippen molar-refractivity contribution in [2.75, 3.05) is 6.61 Å². The zero-order chi connectivity index (χ0) is 9.26. The van der Waals surface area contributed by atoms with Gasteiger partial charge in [-0.15, -0.1) is 0 Å². The van der Waals surface area contributed by atoms with Gasteiger partial charge in [-0.3, -0.25) is 0 Å². The summed E-state index contributed by atoms with van der Waals surface area (Å²) in [5, 5.41) is 9.14. The molecule has 0 radical (unpaired) electrons. The van der Waals surface area contributed by atoms with E-state index in [0.717, 1.165) is 5.56 Å². The zero-order valence-corrected chi connectivity index (χ0v) is 7.28. The van der Waals surface area contributed by atoms with Crippen molar-refractivity contribution in [3.05, 3.63) is 35.8 Å². The highest BCUT2D eigenvalue weighted by molar-refractivity contribution is 5.43. The van der Waals surface area contributed by atoms with Crippen LogP contribution in [0.25, 0.3) is 0 Å². The molecule has 1 N–H and O–H groups in total. The van der Waals surface area contributed by atoms with Crippen molar-refractivity contribution >= 4 is 0 Å². The van der Waals surface area contributed by atoms with Gasteiger partial charge >= 0.3 is 0 Å². The highest BCUT2D eigenvalue weighted by atomic mass is 16.5. The minimum absolute atomic E-state index is 0.0915. The summed E-state index contributed by atoms with van der Waals surface area (Å²) in [6.45, 7) is 2.13. The van der Waals surface area contributed by atoms with Crippen LogP contribution >= 0.6 is 0 Å². The summed E-state index contributed by atoms with van der Waals surface area (Å²) < 4.78 is 10.5. The molecule has 3 heteroatoms. The topological polar surface area (TPSA) is 38.7 Å². The van der Waals surface area contributed by atoms with Crippen molar-refractivity contribution < 1.29 is 14.6 Å². The SMILES string of the molecule is Cc1ccc2c(c1)OC=C(O)CO2. The summed E-state index contributed by atoms with van der Waals surface area (Å²) in [5.74, 6) is 1.39. The quantitative estimate of drug-likeness (QED) is 0.661. The van der Waals surface area contributed by atoms with E-state index in [-0.39, 0.29) is 12.4 Å². The van der Waals surface area contributed by atoms with Gasteiger partial charge in [0.2, 0.25) is 0 Å². The van der Waals surface area contributed by atoms with Gasteiger partial charge in [0.25, 0.3) is 0 Å². The van der Waals surface area contributed by atoms with Crippen molar-refractivity contribution in [1.82, 2.24) is 0 Å². The average molecular weight is 178 g/mol. The van der Waals surface area contributed by atoms with Gasteiger partial charge < -0.3 is 14.6 Å². The molecule has 0 aliphatic carbocycles. The maximum atomic E-state index is 9.14. The second-order valence-corrected chi connectivity index (χ2v) is 2.97. The molecule has 0 saturated heterocycles. The van der Waals surface area contributed by atoms with E-state index in [0.29, 0.717) is 11.5 Å². The van der Waals surface area contributed by atoms with Gasteiger partial charge in [-0.2, -0.15) is 0 Å². The predicted octanol–water partition coefficient (Wildman–Crippen LogP) is 2.17. The Labute approximate surface area is 76.2 Å². The van der Waals surface area contributed by atoms with E-state index in [9.17, 15) is 0 Å². The molecule has 0 saturated carbocycles. The first-order valence-electron chi connectivity index (χ1n) is 4.04. The van der Waals surface area contributed by atoms with Crippen LogP contribution in [0.4, 0.5) is 0 Å². The number of hydrogen-bond donors (Lipinski definition) is 1. The highest BCUT2D eigenvalue weighted by Crippen LogP contribution is 2.30. The van der Waals surface area contributed by atoms with E-state index in [4.69, 9.17) is 14.6 Å². The Morgan fingerprint density at radius 3 is 3.00 bits per heavy atom. The largest absolute Gasteiger partial charge is 0.506 e. The summed E-state index contributed by atoms with van der Waals surface area (Å²) in [7, 11) is 0. The lowest BCUT2D eigenvalue weighted by Gasteiger charge is -2.06. The van der Waals surface area contributed by atoms with Gasteiger partial charge in [-0.1, -0.05) is 6.07 Å². The fourth-order valence-electron chi connectivity index (χ4n) is 1.14. The van der Waals surface area contributed by atoms with Crippen LogP contribution in [-0.2, 0) is 0 Å². The standard InChI is InChI=1S/C10H10O3/c1-7-2-3-9-10(4-7)13-6-8(11)5-12-9/h2-4,6,11H,5H2,1H3. The monoisotopic (exact) mass is 178 g/mol. The summed E-state index contributed by atoms with van der Waals surface area (Å²) >= 11 is 0. The Balaban J connectivity index is 2.38. The van der Waals surface area contributed by atoms with Crippen LogP contribution in [0, 0.1) is 6.92 Å². The average Bonchev–Trinajstić information content (AvgIpc) is 2.29. The Bertz CT molecular complexity index is 355. The number of hydrogen-bond acceptors (Lipinski definition) is 3. The van der Waals surface area contributed by atoms with E-state index in [1.807, 2.05) is 25.1 Å². The number of ether oxygens (including phenoxy) is 2. The van der Waals surface area contributed by atoms with Crippen LogP contribution < -0.4 is 9.47 Å². The summed E-state index contributed by atoms with van der Waals surface area (Å²) in [4.78, 5) is 0. The predicted molar refractivity (Wildman–Crippen MR) is 48.0 cm³/mol. The minimum Gasteiger partial charge on any atom is -0.506 e. The lowest BCUT2D eigenvalue weighted by molar-refractivity contribution is 0.272. The van der Waals surface area contributed by atoms with E-state index >= 15 is 0 Å². The maximum absolute atomic E-state index is 9.14. The molecule has 13 heavy (non-hydrogen) atoms. The van der Waals surface area contributed by atoms with Crippen LogP contribution in [0.3, 0.4) is 0 Å². The fraction of sp³-hybridized carbons (Fsp3) is 0.200. The normalized spacial score (nSPS) is 14.7. The van der Waals surface area contributed by atoms with Gasteiger partial charge in [-0.05, 0) is 24.6 Å². The van der Waals surface area contributed by atoms with Gasteiger partial charge in [0.1, 0.15) is 12.9 Å². The molecule has 0 aromatic heterocycles. The van der Waals surface area contributed by atoms with E-state index in [1.54, 1.807) is 0 Å². The Hall–Kier alpha value is -1.64. The minimum atomic E-state index is 0.0915. The van der Waals surface area contributed by atoms with Gasteiger partial charge in [0.05, 0.1) is 0 Å². The molecule has 1 aromatic rings. The van der Waals surface area contributed by atoms with Gasteiger partial charge in [-0.25, -0.2) is 0 Å². The molecule has 1 aliphatic heterocycles. The van der Waals surface area contributed by atoms with E-state index in [2.05, 4.69) is 0 Å². The molecule has 1 aromatic carbocycles. The molecule has 1 heterocycles. The van der Waals surface area contributed by atoms with Crippen molar-refractivity contribution in [3.63, 3.8) is 0 Å². The molecule has 3 nitrogen and oxygen atoms in total. The van der Waals surface area contributed by atoms with Crippen LogP contribution in [0.1, 0.15) is 5.56 Å². The maximum Gasteiger partial charge on any atom is 0.168 e. The first kappa shape index (κ1) is 7.98. The number of rotatable bonds is 0. The number of aryl methyl sites for hydroxylation is 1. The third kappa shape index (κ3) is 1.59. The summed E-state index contributed by atoms with van der Waals surface area (Å²) in [6, 6.07) is 5.63. The number of benzene rings is 1. The van der Waals surface area contributed by atoms with E-state index in [1.165, 1.54) is 6.26 Å². The van der Waals surface area contributed by atoms with Crippen molar-refractivity contribution in [2.24, 2.45) is 0 Å². The molecule has 1 aliphatic rings. The molecule has 0 spiro atoms. The highest BCUT2D eigenvalue weighted by Gasteiger charge is 2.09. The Kier molecular flexibility index (Phi) is 1.85. The summed E-state index contributed by atoms with van der Waals surface area (Å²) in [6.07, 6.45) is 1.30. The summed E-state index contributed by atoms with van der Waals surface area (Å²) in [5.41, 5.74) is 1.09. The molecule has 2 rings (SSSR count). The second-order valence-electron chi connectivity index (χ2n) is 2.97. The van der Waals surface area contributed by atoms with Crippen LogP contribution in [0.15, 0.2) is 30.2 Å². The Morgan fingerprint density at radius 2 is 2.15 bits per heavy atom. The van der Waals surface area contributed by atoms with E-state index < -0.39 is 0 Å². The van der Waals surface area contributed by atoms with Crippen molar-refractivity contribution in [3.8, 4) is 11.5 Å². The van der Waals surface area contributed by atoms with Crippen LogP contribution in [-0.4, -0.2) is 11.7 Å². The molecular formula is C10H10O3. The molecule has 0 amide bonds. The fourth-order valence-corrected chi connectivity index (χ4v) is 1.14. The van der Waals surface area contributed by atoms with Crippen molar-refractivity contribution in [2.45, 2.75) is 6.92 Å². The molecule has 68 valence electrons. The smallest absolute Gasteiger partial charge is 0.168 e. The first-order chi connectivity index (χ1) is 6.25. The lowest BCUT2D eigenvalue weighted by atomic mass is 10.2. The van der Waals surface area contributed by atoms with Crippen molar-refractivity contribution in [1.29, 1.82) is 0 Å². The van der Waals surface area contributed by atoms with Gasteiger partial charge in [0.15, 0.2) is 17.3 Å². The number of aliphatic hydroxyl groups excluding tert-OH is 1. The lowest BCUT2D eigenvalue weighted by Crippen LogP contribution is -1.98.